The second-order valence-corrected chi connectivity index (χ2v) is 12.6. The lowest BCUT2D eigenvalue weighted by Gasteiger charge is -2.32. The van der Waals surface area contributed by atoms with Crippen LogP contribution < -0.4 is 9.80 Å². The van der Waals surface area contributed by atoms with Gasteiger partial charge in [0.1, 0.15) is 0 Å². The molecule has 0 radical (unpaired) electrons. The van der Waals surface area contributed by atoms with Gasteiger partial charge >= 0.3 is 0 Å². The quantitative estimate of drug-likeness (QED) is 0.173. The summed E-state index contributed by atoms with van der Waals surface area (Å²) >= 11 is 4.16. The highest BCUT2D eigenvalue weighted by Crippen LogP contribution is 2.49. The number of hydrogen-bond donors (Lipinski definition) is 0. The Balaban J connectivity index is 1.31. The van der Waals surface area contributed by atoms with Crippen LogP contribution in [0, 0.1) is 0 Å². The zero-order valence-corrected chi connectivity index (χ0v) is 27.7. The van der Waals surface area contributed by atoms with Crippen molar-refractivity contribution in [2.75, 3.05) is 9.80 Å². The number of rotatable bonds is 6. The van der Waals surface area contributed by atoms with E-state index in [-0.39, 0.29) is 0 Å². The van der Waals surface area contributed by atoms with E-state index in [2.05, 4.69) is 151 Å². The Morgan fingerprint density at radius 1 is 0.408 bits per heavy atom. The van der Waals surface area contributed by atoms with Crippen molar-refractivity contribution in [3.05, 3.63) is 169 Å². The van der Waals surface area contributed by atoms with Crippen molar-refractivity contribution < 1.29 is 0 Å². The molecule has 0 atom stereocenters. The molecule has 0 spiro atoms. The van der Waals surface area contributed by atoms with Crippen LogP contribution in [0.3, 0.4) is 0 Å². The summed E-state index contributed by atoms with van der Waals surface area (Å²) in [6.45, 7) is 0. The zero-order chi connectivity index (χ0) is 32.7. The Morgan fingerprint density at radius 2 is 0.898 bits per heavy atom. The van der Waals surface area contributed by atoms with E-state index >= 15 is 0 Å². The average Bonchev–Trinajstić information content (AvgIpc) is 3.16. The van der Waals surface area contributed by atoms with Gasteiger partial charge in [-0.1, -0.05) is 30.3 Å². The number of benzene rings is 5. The Bertz CT molecular complexity index is 2510. The fourth-order valence-electron chi connectivity index (χ4n) is 6.65. The van der Waals surface area contributed by atoms with Gasteiger partial charge in [0.25, 0.3) is 0 Å². The molecule has 0 fully saturated rings. The van der Waals surface area contributed by atoms with Crippen molar-refractivity contribution in [1.29, 1.82) is 0 Å². The molecule has 7 heteroatoms. The van der Waals surface area contributed by atoms with Crippen LogP contribution in [0.15, 0.2) is 169 Å². The number of anilines is 6. The van der Waals surface area contributed by atoms with E-state index in [1.54, 1.807) is 0 Å². The minimum Gasteiger partial charge on any atom is -0.309 e. The molecule has 9 aromatic rings. The predicted octanol–water partition coefficient (Wildman–Crippen LogP) is 11.6. The summed E-state index contributed by atoms with van der Waals surface area (Å²) in [5.74, 6) is 0. The van der Waals surface area contributed by atoms with Crippen molar-refractivity contribution in [1.82, 2.24) is 19.9 Å². The van der Waals surface area contributed by atoms with Crippen molar-refractivity contribution in [2.24, 2.45) is 0 Å². The number of nitrogens with zero attached hydrogens (tertiary/aromatic N) is 6. The van der Waals surface area contributed by atoms with E-state index in [1.165, 1.54) is 0 Å². The lowest BCUT2D eigenvalue weighted by atomic mass is 10.1. The fraction of sp³-hybridized carbons (Fsp3) is 0. The molecule has 0 amide bonds. The molecule has 0 aliphatic carbocycles. The highest BCUT2D eigenvalue weighted by molar-refractivity contribution is 9.10. The smallest absolute Gasteiger partial charge is 0.0723 e. The molecule has 6 nitrogen and oxygen atoms in total. The largest absolute Gasteiger partial charge is 0.309 e. The monoisotopic (exact) mass is 694 g/mol. The minimum atomic E-state index is 0.925. The van der Waals surface area contributed by atoms with E-state index in [0.29, 0.717) is 0 Å². The molecule has 4 aromatic heterocycles. The van der Waals surface area contributed by atoms with Crippen LogP contribution in [0.2, 0.25) is 0 Å². The molecule has 0 unspecified atom stereocenters. The second kappa shape index (κ2) is 12.1. The summed E-state index contributed by atoms with van der Waals surface area (Å²) in [5, 5.41) is 6.50. The maximum Gasteiger partial charge on any atom is 0.0723 e. The van der Waals surface area contributed by atoms with Crippen LogP contribution in [0.5, 0.6) is 0 Å². The molecule has 0 saturated carbocycles. The highest BCUT2D eigenvalue weighted by Gasteiger charge is 2.24. The third-order valence-electron chi connectivity index (χ3n) is 8.93. The summed E-state index contributed by atoms with van der Waals surface area (Å²) in [6.07, 6.45) is 11.2. The van der Waals surface area contributed by atoms with Crippen molar-refractivity contribution in [3.8, 4) is 0 Å². The molecule has 0 aliphatic heterocycles. The van der Waals surface area contributed by atoms with Gasteiger partial charge in [0.15, 0.2) is 0 Å². The van der Waals surface area contributed by atoms with E-state index in [9.17, 15) is 0 Å². The van der Waals surface area contributed by atoms with E-state index < -0.39 is 0 Å². The van der Waals surface area contributed by atoms with Gasteiger partial charge < -0.3 is 9.80 Å². The van der Waals surface area contributed by atoms with E-state index in [0.717, 1.165) is 81.9 Å². The molecular formula is C42H27BrN6. The van der Waals surface area contributed by atoms with Gasteiger partial charge in [-0.25, -0.2) is 0 Å². The number of halogens is 1. The molecule has 232 valence electrons. The summed E-state index contributed by atoms with van der Waals surface area (Å²) in [7, 11) is 0. The first-order valence-corrected chi connectivity index (χ1v) is 16.8. The Kier molecular flexibility index (Phi) is 7.17. The summed E-state index contributed by atoms with van der Waals surface area (Å²) in [4.78, 5) is 22.7. The third-order valence-corrected chi connectivity index (χ3v) is 9.74. The van der Waals surface area contributed by atoms with Crippen LogP contribution in [0.4, 0.5) is 34.1 Å². The molecule has 9 rings (SSSR count). The number of fused-ring (bicyclic) bond motifs is 4. The lowest BCUT2D eigenvalue weighted by Crippen LogP contribution is -2.15. The van der Waals surface area contributed by atoms with E-state index in [4.69, 9.17) is 9.97 Å². The fourth-order valence-corrected chi connectivity index (χ4v) is 7.27. The molecule has 5 aromatic carbocycles. The topological polar surface area (TPSA) is 58.0 Å². The maximum absolute atomic E-state index is 4.70. The predicted molar refractivity (Wildman–Crippen MR) is 205 cm³/mol. The molecule has 49 heavy (non-hydrogen) atoms. The van der Waals surface area contributed by atoms with Gasteiger partial charge in [-0.05, 0) is 124 Å². The van der Waals surface area contributed by atoms with Gasteiger partial charge in [0.05, 0.1) is 38.3 Å². The van der Waals surface area contributed by atoms with Crippen LogP contribution in [-0.4, -0.2) is 19.9 Å². The molecule has 0 bridgehead atoms. The zero-order valence-electron chi connectivity index (χ0n) is 26.1. The normalized spacial score (nSPS) is 11.4. The summed E-state index contributed by atoms with van der Waals surface area (Å²) < 4.78 is 0.932. The van der Waals surface area contributed by atoms with Crippen molar-refractivity contribution in [2.45, 2.75) is 0 Å². The van der Waals surface area contributed by atoms with Gasteiger partial charge in [0.2, 0.25) is 0 Å². The van der Waals surface area contributed by atoms with Crippen LogP contribution >= 0.6 is 15.9 Å². The molecule has 0 N–H and O–H groups in total. The van der Waals surface area contributed by atoms with Crippen molar-refractivity contribution >= 4 is 93.4 Å². The van der Waals surface area contributed by atoms with Gasteiger partial charge in [-0.2, -0.15) is 0 Å². The lowest BCUT2D eigenvalue weighted by molar-refractivity contribution is 1.24. The SMILES string of the molecule is Brc1c(N(c2ccc3cnccc3c2)c2ccc3cnccc3c2)cccc1N(c1cccc2ncccc12)c1cccc2ncccc12. The molecular weight excluding hydrogens is 668 g/mol. The first-order valence-electron chi connectivity index (χ1n) is 16.0. The second-order valence-electron chi connectivity index (χ2n) is 11.8. The van der Waals surface area contributed by atoms with E-state index in [1.807, 2.05) is 49.3 Å². The Hall–Kier alpha value is -6.18. The summed E-state index contributed by atoms with van der Waals surface area (Å²) in [6, 6.07) is 44.4. The molecule has 0 saturated heterocycles. The van der Waals surface area contributed by atoms with Gasteiger partial charge in [0, 0.05) is 70.1 Å². The van der Waals surface area contributed by atoms with Gasteiger partial charge in [-0.3, -0.25) is 19.9 Å². The standard InChI is InChI=1S/C42H27BrN6/c43-42-40(48(32-16-14-30-26-44-22-18-28(30)24-32)33-17-15-31-27-45-23-19-29(31)25-33)12-3-13-41(42)49(38-10-1-8-36-34(38)6-4-20-46-36)39-11-2-9-37-35(39)7-5-21-47-37/h1-27H. The minimum absolute atomic E-state index is 0.925. The van der Waals surface area contributed by atoms with Crippen LogP contribution in [-0.2, 0) is 0 Å². The maximum atomic E-state index is 4.70. The highest BCUT2D eigenvalue weighted by atomic mass is 79.9. The summed E-state index contributed by atoms with van der Waals surface area (Å²) in [5.41, 5.74) is 7.90. The van der Waals surface area contributed by atoms with Crippen LogP contribution in [0.25, 0.3) is 43.4 Å². The molecule has 0 aliphatic rings. The van der Waals surface area contributed by atoms with Crippen molar-refractivity contribution in [3.63, 3.8) is 0 Å². The third kappa shape index (κ3) is 5.12. The Morgan fingerprint density at radius 3 is 1.45 bits per heavy atom. The number of hydrogen-bond acceptors (Lipinski definition) is 6. The first-order chi connectivity index (χ1) is 24.2. The number of aromatic nitrogens is 4. The van der Waals surface area contributed by atoms with Gasteiger partial charge in [-0.15, -0.1) is 0 Å². The average molecular weight is 696 g/mol. The van der Waals surface area contributed by atoms with Crippen LogP contribution in [0.1, 0.15) is 0 Å². The number of pyridine rings is 4. The Labute approximate surface area is 291 Å². The first kappa shape index (κ1) is 29.0. The molecule has 4 heterocycles.